The summed E-state index contributed by atoms with van der Waals surface area (Å²) in [6, 6.07) is 3.95. The van der Waals surface area contributed by atoms with Crippen LogP contribution in [0.25, 0.3) is 0 Å². The van der Waals surface area contributed by atoms with Crippen LogP contribution in [0.2, 0.25) is 0 Å². The normalized spacial score (nSPS) is 15.3. The largest absolute Gasteiger partial charge is 0.488 e. The SMILES string of the molecule is Cc1ccc2c(n1)N(C)CCO2. The molecule has 0 N–H and O–H groups in total. The molecule has 0 aliphatic carbocycles. The van der Waals surface area contributed by atoms with Gasteiger partial charge < -0.3 is 9.64 Å². The Morgan fingerprint density at radius 1 is 1.50 bits per heavy atom. The molecule has 0 unspecified atom stereocenters. The van der Waals surface area contributed by atoms with Crippen molar-refractivity contribution in [2.24, 2.45) is 0 Å². The van der Waals surface area contributed by atoms with E-state index in [2.05, 4.69) is 9.88 Å². The van der Waals surface area contributed by atoms with Gasteiger partial charge in [0.05, 0.1) is 6.54 Å². The number of fused-ring (bicyclic) bond motifs is 1. The van der Waals surface area contributed by atoms with E-state index in [4.69, 9.17) is 4.74 Å². The van der Waals surface area contributed by atoms with E-state index in [9.17, 15) is 0 Å². The highest BCUT2D eigenvalue weighted by Gasteiger charge is 2.15. The molecule has 1 aromatic rings. The van der Waals surface area contributed by atoms with Crippen molar-refractivity contribution >= 4 is 5.82 Å². The van der Waals surface area contributed by atoms with Crippen molar-refractivity contribution in [3.63, 3.8) is 0 Å². The summed E-state index contributed by atoms with van der Waals surface area (Å²) in [5, 5.41) is 0. The van der Waals surface area contributed by atoms with Gasteiger partial charge in [-0.05, 0) is 19.1 Å². The highest BCUT2D eigenvalue weighted by Crippen LogP contribution is 2.27. The Balaban J connectivity index is 2.47. The van der Waals surface area contributed by atoms with Gasteiger partial charge in [-0.15, -0.1) is 0 Å². The highest BCUT2D eigenvalue weighted by atomic mass is 16.5. The van der Waals surface area contributed by atoms with Crippen LogP contribution in [-0.4, -0.2) is 25.2 Å². The third-order valence-corrected chi connectivity index (χ3v) is 2.02. The molecule has 2 rings (SSSR count). The summed E-state index contributed by atoms with van der Waals surface area (Å²) in [5.41, 5.74) is 1.03. The molecular weight excluding hydrogens is 152 g/mol. The van der Waals surface area contributed by atoms with Gasteiger partial charge in [0.25, 0.3) is 0 Å². The summed E-state index contributed by atoms with van der Waals surface area (Å²) in [6.45, 7) is 3.67. The van der Waals surface area contributed by atoms with Crippen LogP contribution < -0.4 is 9.64 Å². The van der Waals surface area contributed by atoms with E-state index in [0.29, 0.717) is 0 Å². The number of rotatable bonds is 0. The number of aryl methyl sites for hydroxylation is 1. The fraction of sp³-hybridized carbons (Fsp3) is 0.444. The minimum Gasteiger partial charge on any atom is -0.488 e. The van der Waals surface area contributed by atoms with E-state index in [-0.39, 0.29) is 0 Å². The van der Waals surface area contributed by atoms with Crippen LogP contribution in [0.1, 0.15) is 5.69 Å². The van der Waals surface area contributed by atoms with Crippen molar-refractivity contribution < 1.29 is 4.74 Å². The van der Waals surface area contributed by atoms with Crippen LogP contribution in [0.3, 0.4) is 0 Å². The fourth-order valence-electron chi connectivity index (χ4n) is 1.31. The van der Waals surface area contributed by atoms with Gasteiger partial charge in [0.2, 0.25) is 0 Å². The molecule has 3 heteroatoms. The van der Waals surface area contributed by atoms with Gasteiger partial charge in [-0.25, -0.2) is 4.98 Å². The quantitative estimate of drug-likeness (QED) is 0.576. The summed E-state index contributed by atoms with van der Waals surface area (Å²) in [6.07, 6.45) is 0. The molecule has 1 aliphatic rings. The first kappa shape index (κ1) is 7.40. The van der Waals surface area contributed by atoms with Crippen molar-refractivity contribution in [1.29, 1.82) is 0 Å². The molecule has 0 amide bonds. The molecule has 0 atom stereocenters. The van der Waals surface area contributed by atoms with Gasteiger partial charge >= 0.3 is 0 Å². The summed E-state index contributed by atoms with van der Waals surface area (Å²) in [5.74, 6) is 1.86. The van der Waals surface area contributed by atoms with Gasteiger partial charge in [-0.1, -0.05) is 0 Å². The number of ether oxygens (including phenoxy) is 1. The number of likely N-dealkylation sites (N-methyl/N-ethyl adjacent to an activating group) is 1. The van der Waals surface area contributed by atoms with Crippen molar-refractivity contribution in [3.8, 4) is 5.75 Å². The number of nitrogens with zero attached hydrogens (tertiary/aromatic N) is 2. The maximum atomic E-state index is 5.44. The lowest BCUT2D eigenvalue weighted by Crippen LogP contribution is -2.29. The predicted molar refractivity (Wildman–Crippen MR) is 47.7 cm³/mol. The lowest BCUT2D eigenvalue weighted by molar-refractivity contribution is 0.309. The van der Waals surface area contributed by atoms with Crippen molar-refractivity contribution in [2.45, 2.75) is 6.92 Å². The fourth-order valence-corrected chi connectivity index (χ4v) is 1.31. The minimum atomic E-state index is 0.758. The Morgan fingerprint density at radius 2 is 2.33 bits per heavy atom. The summed E-state index contributed by atoms with van der Waals surface area (Å²) in [7, 11) is 2.04. The summed E-state index contributed by atoms with van der Waals surface area (Å²) < 4.78 is 5.44. The van der Waals surface area contributed by atoms with Crippen molar-refractivity contribution in [2.75, 3.05) is 25.1 Å². The van der Waals surface area contributed by atoms with Crippen LogP contribution in [0.15, 0.2) is 12.1 Å². The molecule has 0 spiro atoms. The molecule has 12 heavy (non-hydrogen) atoms. The zero-order valence-corrected chi connectivity index (χ0v) is 7.37. The Bertz CT molecular complexity index is 299. The molecule has 0 saturated carbocycles. The van der Waals surface area contributed by atoms with Crippen molar-refractivity contribution in [1.82, 2.24) is 4.98 Å². The van der Waals surface area contributed by atoms with Gasteiger partial charge in [-0.3, -0.25) is 0 Å². The summed E-state index contributed by atoms with van der Waals surface area (Å²) >= 11 is 0. The number of anilines is 1. The summed E-state index contributed by atoms with van der Waals surface area (Å²) in [4.78, 5) is 6.51. The Hall–Kier alpha value is -1.25. The zero-order valence-electron chi connectivity index (χ0n) is 7.37. The third-order valence-electron chi connectivity index (χ3n) is 2.02. The topological polar surface area (TPSA) is 25.4 Å². The first-order valence-electron chi connectivity index (χ1n) is 4.09. The second-order valence-electron chi connectivity index (χ2n) is 3.04. The van der Waals surface area contributed by atoms with E-state index < -0.39 is 0 Å². The smallest absolute Gasteiger partial charge is 0.171 e. The van der Waals surface area contributed by atoms with Gasteiger partial charge in [0.15, 0.2) is 11.6 Å². The molecule has 0 saturated heterocycles. The van der Waals surface area contributed by atoms with Gasteiger partial charge in [0.1, 0.15) is 6.61 Å². The lowest BCUT2D eigenvalue weighted by atomic mass is 10.3. The van der Waals surface area contributed by atoms with Crippen LogP contribution in [0.4, 0.5) is 5.82 Å². The molecule has 64 valence electrons. The number of pyridine rings is 1. The predicted octanol–water partition coefficient (Wildman–Crippen LogP) is 1.22. The van der Waals surface area contributed by atoms with E-state index in [0.717, 1.165) is 30.4 Å². The van der Waals surface area contributed by atoms with Crippen LogP contribution in [0, 0.1) is 6.92 Å². The Kier molecular flexibility index (Phi) is 1.64. The first-order valence-corrected chi connectivity index (χ1v) is 4.09. The van der Waals surface area contributed by atoms with Crippen LogP contribution in [0.5, 0.6) is 5.75 Å². The molecule has 1 aliphatic heterocycles. The average molecular weight is 164 g/mol. The number of aromatic nitrogens is 1. The zero-order chi connectivity index (χ0) is 8.55. The molecule has 0 fully saturated rings. The maximum Gasteiger partial charge on any atom is 0.171 e. The van der Waals surface area contributed by atoms with E-state index in [1.165, 1.54) is 0 Å². The molecule has 0 aromatic carbocycles. The second-order valence-corrected chi connectivity index (χ2v) is 3.04. The monoisotopic (exact) mass is 164 g/mol. The molecule has 0 bridgehead atoms. The number of hydrogen-bond donors (Lipinski definition) is 0. The van der Waals surface area contributed by atoms with Crippen LogP contribution >= 0.6 is 0 Å². The Morgan fingerprint density at radius 3 is 3.17 bits per heavy atom. The highest BCUT2D eigenvalue weighted by molar-refractivity contribution is 5.53. The third kappa shape index (κ3) is 1.11. The molecule has 3 nitrogen and oxygen atoms in total. The van der Waals surface area contributed by atoms with Gasteiger partial charge in [-0.2, -0.15) is 0 Å². The van der Waals surface area contributed by atoms with E-state index >= 15 is 0 Å². The second kappa shape index (κ2) is 2.66. The first-order chi connectivity index (χ1) is 5.77. The van der Waals surface area contributed by atoms with E-state index in [1.807, 2.05) is 26.1 Å². The van der Waals surface area contributed by atoms with E-state index in [1.54, 1.807) is 0 Å². The standard InChI is InChI=1S/C9H12N2O/c1-7-3-4-8-9(10-7)11(2)5-6-12-8/h3-4H,5-6H2,1-2H3. The van der Waals surface area contributed by atoms with Crippen LogP contribution in [-0.2, 0) is 0 Å². The number of hydrogen-bond acceptors (Lipinski definition) is 3. The van der Waals surface area contributed by atoms with Crippen molar-refractivity contribution in [3.05, 3.63) is 17.8 Å². The minimum absolute atomic E-state index is 0.758. The maximum absolute atomic E-state index is 5.44. The molecule has 0 radical (unpaired) electrons. The lowest BCUT2D eigenvalue weighted by Gasteiger charge is -2.26. The molecule has 1 aromatic heterocycles. The van der Waals surface area contributed by atoms with Gasteiger partial charge in [0, 0.05) is 12.7 Å². The molecule has 2 heterocycles. The molecular formula is C9H12N2O. The Labute approximate surface area is 72.0 Å². The average Bonchev–Trinajstić information content (AvgIpc) is 2.07.